The summed E-state index contributed by atoms with van der Waals surface area (Å²) in [4.78, 5) is 60.3. The van der Waals surface area contributed by atoms with Crippen molar-refractivity contribution in [3.8, 4) is 0 Å². The van der Waals surface area contributed by atoms with Crippen LogP contribution in [0.5, 0.6) is 0 Å². The van der Waals surface area contributed by atoms with Crippen molar-refractivity contribution in [2.24, 2.45) is 4.99 Å². The number of hydrogen-bond acceptors (Lipinski definition) is 6. The first-order chi connectivity index (χ1) is 21.3. The summed E-state index contributed by atoms with van der Waals surface area (Å²) in [7, 11) is 0. The Morgan fingerprint density at radius 3 is 2.36 bits per heavy atom. The minimum absolute atomic E-state index is 0.0364. The zero-order valence-corrected chi connectivity index (χ0v) is 25.4. The molecule has 0 spiro atoms. The zero-order valence-electron chi connectivity index (χ0n) is 25.4. The van der Waals surface area contributed by atoms with Crippen LogP contribution in [0.2, 0.25) is 0 Å². The molecule has 0 aliphatic carbocycles. The second kappa shape index (κ2) is 14.2. The average molecular weight is 601 g/mol. The fourth-order valence-corrected chi connectivity index (χ4v) is 5.53. The van der Waals surface area contributed by atoms with E-state index in [0.29, 0.717) is 36.3 Å². The number of hydrogen-bond donors (Lipinski definition) is 3. The third kappa shape index (κ3) is 7.64. The van der Waals surface area contributed by atoms with Crippen LogP contribution in [0.3, 0.4) is 0 Å². The highest BCUT2D eigenvalue weighted by Gasteiger charge is 2.30. The molecule has 2 aliphatic heterocycles. The van der Waals surface area contributed by atoms with Gasteiger partial charge >= 0.3 is 0 Å². The van der Waals surface area contributed by atoms with Crippen LogP contribution in [0, 0.1) is 6.92 Å². The first-order valence-electron chi connectivity index (χ1n) is 15.4. The lowest BCUT2D eigenvalue weighted by Gasteiger charge is -2.25. The number of nitrogens with zero attached hydrogens (tertiary/aromatic N) is 3. The van der Waals surface area contributed by atoms with Gasteiger partial charge in [-0.3, -0.25) is 24.5 Å². The third-order valence-electron chi connectivity index (χ3n) is 7.90. The summed E-state index contributed by atoms with van der Waals surface area (Å²) in [5.74, 6) is -0.0230. The highest BCUT2D eigenvalue weighted by Crippen LogP contribution is 2.23. The van der Waals surface area contributed by atoms with E-state index in [2.05, 4.69) is 16.0 Å². The lowest BCUT2D eigenvalue weighted by molar-refractivity contribution is -0.140. The smallest absolute Gasteiger partial charge is 0.257 e. The van der Waals surface area contributed by atoms with E-state index in [9.17, 15) is 19.2 Å². The van der Waals surface area contributed by atoms with E-state index < -0.39 is 11.9 Å². The average Bonchev–Trinajstić information content (AvgIpc) is 3.66. The van der Waals surface area contributed by atoms with E-state index in [0.717, 1.165) is 61.9 Å². The number of aryl methyl sites for hydroxylation is 1. The fraction of sp³-hybridized carbons (Fsp3) is 0.424. The molecule has 0 radical (unpaired) electrons. The molecule has 2 aromatic carbocycles. The number of amides is 4. The Kier molecular flexibility index (Phi) is 9.93. The van der Waals surface area contributed by atoms with Crippen LogP contribution < -0.4 is 16.0 Å². The predicted molar refractivity (Wildman–Crippen MR) is 169 cm³/mol. The van der Waals surface area contributed by atoms with E-state index in [-0.39, 0.29) is 30.2 Å². The van der Waals surface area contributed by atoms with E-state index in [1.165, 1.54) is 0 Å². The molecule has 2 fully saturated rings. The molecular weight excluding hydrogens is 560 g/mol. The lowest BCUT2D eigenvalue weighted by atomic mass is 10.1. The van der Waals surface area contributed by atoms with Crippen molar-refractivity contribution in [3.63, 3.8) is 0 Å². The maximum atomic E-state index is 13.7. The molecule has 232 valence electrons. The molecule has 3 N–H and O–H groups in total. The molecule has 3 heterocycles. The van der Waals surface area contributed by atoms with E-state index in [1.54, 1.807) is 29.2 Å². The van der Waals surface area contributed by atoms with E-state index >= 15 is 0 Å². The number of carbonyl (C=O) groups is 4. The van der Waals surface area contributed by atoms with Crippen molar-refractivity contribution in [2.45, 2.75) is 58.4 Å². The molecule has 5 rings (SSSR count). The molecule has 0 saturated carbocycles. The van der Waals surface area contributed by atoms with Crippen molar-refractivity contribution in [1.82, 2.24) is 20.4 Å². The summed E-state index contributed by atoms with van der Waals surface area (Å²) in [5.41, 5.74) is 2.18. The Bertz CT molecular complexity index is 1540. The van der Waals surface area contributed by atoms with Crippen LogP contribution in [-0.4, -0.2) is 78.2 Å². The summed E-state index contributed by atoms with van der Waals surface area (Å²) in [6.07, 6.45) is 4.83. The maximum absolute atomic E-state index is 13.7. The van der Waals surface area contributed by atoms with Crippen molar-refractivity contribution in [1.29, 1.82) is 0 Å². The van der Waals surface area contributed by atoms with Crippen LogP contribution in [0.1, 0.15) is 71.9 Å². The quantitative estimate of drug-likeness (QED) is 0.263. The number of likely N-dealkylation sites (tertiary alicyclic amines) is 2. The van der Waals surface area contributed by atoms with Crippen molar-refractivity contribution in [2.75, 3.05) is 38.0 Å². The van der Waals surface area contributed by atoms with Gasteiger partial charge in [-0.2, -0.15) is 0 Å². The molecule has 3 aromatic rings. The van der Waals surface area contributed by atoms with Gasteiger partial charge in [0.2, 0.25) is 17.8 Å². The van der Waals surface area contributed by atoms with Gasteiger partial charge in [0, 0.05) is 48.4 Å². The minimum Gasteiger partial charge on any atom is -0.461 e. The normalized spacial score (nSPS) is 17.5. The minimum atomic E-state index is -0.767. The van der Waals surface area contributed by atoms with Crippen LogP contribution in [0.15, 0.2) is 57.9 Å². The molecule has 2 saturated heterocycles. The number of benzene rings is 2. The molecule has 1 aromatic heterocycles. The largest absolute Gasteiger partial charge is 0.461 e. The summed E-state index contributed by atoms with van der Waals surface area (Å²) in [6, 6.07) is 13.0. The number of guanidine groups is 1. The molecule has 1 atom stereocenters. The number of nitrogens with one attached hydrogen (secondary N) is 3. The van der Waals surface area contributed by atoms with Crippen LogP contribution in [-0.2, 0) is 9.59 Å². The Morgan fingerprint density at radius 1 is 0.932 bits per heavy atom. The zero-order chi connectivity index (χ0) is 31.1. The van der Waals surface area contributed by atoms with Gasteiger partial charge in [0.25, 0.3) is 11.8 Å². The Balaban J connectivity index is 1.37. The molecule has 2 aliphatic rings. The second-order valence-electron chi connectivity index (χ2n) is 11.4. The van der Waals surface area contributed by atoms with E-state index in [4.69, 9.17) is 9.41 Å². The molecule has 44 heavy (non-hydrogen) atoms. The first-order valence-corrected chi connectivity index (χ1v) is 15.4. The standard InChI is InChI=1S/C33H40N6O5/c1-3-15-34-30(41)23-9-11-24(12-10-23)31(42)37-33(35-26-13-14-28-25(20-26)19-22(2)44-28)36-27-8-4-5-18-39(32(27)43)21-29(40)38-16-6-7-17-38/h9-14,19-20,27H,3-8,15-18,21H2,1-2H3,(H,34,41)(H2,35,36,37,42). The molecule has 4 amide bonds. The number of anilines is 1. The highest BCUT2D eigenvalue weighted by molar-refractivity contribution is 6.11. The fourth-order valence-electron chi connectivity index (χ4n) is 5.53. The third-order valence-corrected chi connectivity index (χ3v) is 7.90. The SMILES string of the molecule is CCCNC(=O)c1ccc(C(=O)NC(=NC2CCCCN(CC(=O)N3CCCC3)C2=O)Nc2ccc3oc(C)cc3c2)cc1. The van der Waals surface area contributed by atoms with Crippen LogP contribution in [0.4, 0.5) is 5.69 Å². The van der Waals surface area contributed by atoms with Crippen molar-refractivity contribution >= 4 is 46.2 Å². The van der Waals surface area contributed by atoms with Gasteiger partial charge in [0.1, 0.15) is 17.4 Å². The van der Waals surface area contributed by atoms with Crippen LogP contribution >= 0.6 is 0 Å². The van der Waals surface area contributed by atoms with Gasteiger partial charge in [-0.15, -0.1) is 0 Å². The molecule has 11 nitrogen and oxygen atoms in total. The summed E-state index contributed by atoms with van der Waals surface area (Å²) in [6.45, 7) is 6.41. The molecule has 11 heteroatoms. The Labute approximate surface area is 257 Å². The summed E-state index contributed by atoms with van der Waals surface area (Å²) < 4.78 is 5.69. The monoisotopic (exact) mass is 600 g/mol. The Morgan fingerprint density at radius 2 is 1.64 bits per heavy atom. The topological polar surface area (TPSA) is 136 Å². The number of carbonyl (C=O) groups excluding carboxylic acids is 4. The van der Waals surface area contributed by atoms with Gasteiger partial charge in [-0.25, -0.2) is 4.99 Å². The predicted octanol–water partition coefficient (Wildman–Crippen LogP) is 4.08. The van der Waals surface area contributed by atoms with Gasteiger partial charge < -0.3 is 24.9 Å². The summed E-state index contributed by atoms with van der Waals surface area (Å²) >= 11 is 0. The van der Waals surface area contributed by atoms with E-state index in [1.807, 2.05) is 43.0 Å². The molecular formula is C33H40N6O5. The Hall–Kier alpha value is -4.67. The van der Waals surface area contributed by atoms with Gasteiger partial charge in [0.05, 0.1) is 6.54 Å². The van der Waals surface area contributed by atoms with Gasteiger partial charge in [-0.05, 0) is 94.0 Å². The highest BCUT2D eigenvalue weighted by atomic mass is 16.3. The molecule has 1 unspecified atom stereocenters. The molecule has 0 bridgehead atoms. The number of fused-ring (bicyclic) bond motifs is 1. The number of aliphatic imine (C=N–C) groups is 1. The van der Waals surface area contributed by atoms with Gasteiger partial charge in [0.15, 0.2) is 0 Å². The van der Waals surface area contributed by atoms with Gasteiger partial charge in [-0.1, -0.05) is 6.92 Å². The van der Waals surface area contributed by atoms with Crippen molar-refractivity contribution in [3.05, 3.63) is 65.4 Å². The summed E-state index contributed by atoms with van der Waals surface area (Å²) in [5, 5.41) is 9.73. The first kappa shape index (κ1) is 30.8. The number of rotatable bonds is 8. The lowest BCUT2D eigenvalue weighted by Crippen LogP contribution is -2.45. The van der Waals surface area contributed by atoms with Crippen LogP contribution in [0.25, 0.3) is 11.0 Å². The van der Waals surface area contributed by atoms with Crippen molar-refractivity contribution < 1.29 is 23.6 Å². The number of furan rings is 1. The second-order valence-corrected chi connectivity index (χ2v) is 11.4. The maximum Gasteiger partial charge on any atom is 0.257 e.